The molecule has 28 heavy (non-hydrogen) atoms. The molecule has 0 aromatic heterocycles. The number of aryl methyl sites for hydroxylation is 1. The monoisotopic (exact) mass is 399 g/mol. The Morgan fingerprint density at radius 3 is 2.50 bits per heavy atom. The molecular formula is C20H21N3O4S. The lowest BCUT2D eigenvalue weighted by molar-refractivity contribution is 0.102. The van der Waals surface area contributed by atoms with Gasteiger partial charge in [0.15, 0.2) is 6.61 Å². The molecule has 1 heterocycles. The van der Waals surface area contributed by atoms with Crippen molar-refractivity contribution < 1.29 is 17.9 Å². The van der Waals surface area contributed by atoms with Crippen LogP contribution in [-0.4, -0.2) is 38.3 Å². The van der Waals surface area contributed by atoms with Crippen molar-refractivity contribution in [1.29, 1.82) is 5.26 Å². The molecule has 7 nitrogen and oxygen atoms in total. The highest BCUT2D eigenvalue weighted by atomic mass is 32.2. The average molecular weight is 399 g/mol. The number of carbonyl (C=O) groups is 1. The number of rotatable bonds is 6. The van der Waals surface area contributed by atoms with Crippen LogP contribution in [-0.2, 0) is 10.0 Å². The van der Waals surface area contributed by atoms with Crippen LogP contribution < -0.4 is 10.1 Å². The van der Waals surface area contributed by atoms with Gasteiger partial charge in [0.05, 0.1) is 4.90 Å². The number of sulfonamides is 1. The van der Waals surface area contributed by atoms with Crippen LogP contribution in [0.15, 0.2) is 47.4 Å². The second kappa shape index (κ2) is 8.42. The van der Waals surface area contributed by atoms with Gasteiger partial charge in [-0.05, 0) is 61.7 Å². The molecule has 2 aromatic rings. The van der Waals surface area contributed by atoms with Crippen LogP contribution in [0.4, 0.5) is 5.69 Å². The van der Waals surface area contributed by atoms with Crippen molar-refractivity contribution in [3.05, 3.63) is 53.6 Å². The number of nitrogens with zero attached hydrogens (tertiary/aromatic N) is 2. The van der Waals surface area contributed by atoms with Crippen LogP contribution in [0, 0.1) is 18.3 Å². The summed E-state index contributed by atoms with van der Waals surface area (Å²) in [6.45, 7) is 2.74. The van der Waals surface area contributed by atoms with Crippen LogP contribution >= 0.6 is 0 Å². The smallest absolute Gasteiger partial charge is 0.255 e. The first kappa shape index (κ1) is 19.9. The molecule has 1 fully saturated rings. The Morgan fingerprint density at radius 2 is 1.86 bits per heavy atom. The first-order chi connectivity index (χ1) is 13.4. The summed E-state index contributed by atoms with van der Waals surface area (Å²) in [7, 11) is -3.59. The third-order valence-corrected chi connectivity index (χ3v) is 6.47. The highest BCUT2D eigenvalue weighted by Crippen LogP contribution is 2.24. The number of carbonyl (C=O) groups excluding carboxylic acids is 1. The molecule has 8 heteroatoms. The quantitative estimate of drug-likeness (QED) is 0.805. The van der Waals surface area contributed by atoms with Crippen LogP contribution in [0.3, 0.4) is 0 Å². The average Bonchev–Trinajstić information content (AvgIpc) is 3.23. The fourth-order valence-corrected chi connectivity index (χ4v) is 4.58. The van der Waals surface area contributed by atoms with Crippen molar-refractivity contribution in [2.24, 2.45) is 0 Å². The van der Waals surface area contributed by atoms with Gasteiger partial charge in [0.2, 0.25) is 10.0 Å². The molecule has 3 rings (SSSR count). The number of ether oxygens (including phenoxy) is 1. The molecule has 1 aliphatic heterocycles. The minimum atomic E-state index is -3.59. The van der Waals surface area contributed by atoms with Gasteiger partial charge < -0.3 is 10.1 Å². The number of nitrogens with one attached hydrogen (secondary N) is 1. The van der Waals surface area contributed by atoms with E-state index in [1.165, 1.54) is 10.4 Å². The van der Waals surface area contributed by atoms with Crippen LogP contribution in [0.2, 0.25) is 0 Å². The van der Waals surface area contributed by atoms with Crippen LogP contribution in [0.25, 0.3) is 0 Å². The number of nitriles is 1. The van der Waals surface area contributed by atoms with E-state index in [9.17, 15) is 13.2 Å². The van der Waals surface area contributed by atoms with Gasteiger partial charge in [0.25, 0.3) is 5.91 Å². The summed E-state index contributed by atoms with van der Waals surface area (Å²) in [5.74, 6) is 0.135. The highest BCUT2D eigenvalue weighted by molar-refractivity contribution is 7.89. The summed E-state index contributed by atoms with van der Waals surface area (Å²) in [5.41, 5.74) is 1.54. The van der Waals surface area contributed by atoms with Gasteiger partial charge in [-0.25, -0.2) is 8.42 Å². The van der Waals surface area contributed by atoms with Crippen molar-refractivity contribution in [3.8, 4) is 11.8 Å². The van der Waals surface area contributed by atoms with Crippen LogP contribution in [0.1, 0.15) is 28.8 Å². The third-order valence-electron chi connectivity index (χ3n) is 4.57. The normalized spacial score (nSPS) is 14.4. The lowest BCUT2D eigenvalue weighted by Gasteiger charge is -2.17. The molecule has 146 valence electrons. The summed E-state index contributed by atoms with van der Waals surface area (Å²) >= 11 is 0. The van der Waals surface area contributed by atoms with Gasteiger partial charge >= 0.3 is 0 Å². The zero-order valence-corrected chi connectivity index (χ0v) is 16.3. The molecule has 0 bridgehead atoms. The lowest BCUT2D eigenvalue weighted by atomic mass is 10.1. The van der Waals surface area contributed by atoms with Crippen LogP contribution in [0.5, 0.6) is 5.75 Å². The van der Waals surface area contributed by atoms with Crippen molar-refractivity contribution in [2.75, 3.05) is 25.0 Å². The van der Waals surface area contributed by atoms with Gasteiger partial charge in [0.1, 0.15) is 11.8 Å². The summed E-state index contributed by atoms with van der Waals surface area (Å²) in [6.07, 6.45) is 1.71. The van der Waals surface area contributed by atoms with E-state index in [0.29, 0.717) is 35.7 Å². The minimum absolute atomic E-state index is 0.0524. The fraction of sp³-hybridized carbons (Fsp3) is 0.300. The zero-order chi connectivity index (χ0) is 20.1. The van der Waals surface area contributed by atoms with E-state index >= 15 is 0 Å². The maximum atomic E-state index is 12.8. The lowest BCUT2D eigenvalue weighted by Crippen LogP contribution is -2.28. The molecule has 1 saturated heterocycles. The maximum Gasteiger partial charge on any atom is 0.255 e. The first-order valence-corrected chi connectivity index (χ1v) is 10.4. The first-order valence-electron chi connectivity index (χ1n) is 8.94. The largest absolute Gasteiger partial charge is 0.479 e. The molecule has 0 unspecified atom stereocenters. The summed E-state index contributed by atoms with van der Waals surface area (Å²) < 4.78 is 32.2. The molecule has 1 N–H and O–H groups in total. The van der Waals surface area contributed by atoms with E-state index in [0.717, 1.165) is 12.8 Å². The maximum absolute atomic E-state index is 12.8. The van der Waals surface area contributed by atoms with Crippen molar-refractivity contribution in [2.45, 2.75) is 24.7 Å². The van der Waals surface area contributed by atoms with E-state index in [1.54, 1.807) is 43.3 Å². The topological polar surface area (TPSA) is 99.5 Å². The molecule has 2 aromatic carbocycles. The van der Waals surface area contributed by atoms with Gasteiger partial charge in [-0.15, -0.1) is 0 Å². The minimum Gasteiger partial charge on any atom is -0.479 e. The molecule has 0 spiro atoms. The molecule has 0 saturated carbocycles. The molecule has 0 radical (unpaired) electrons. The van der Waals surface area contributed by atoms with Crippen molar-refractivity contribution in [3.63, 3.8) is 0 Å². The number of benzene rings is 2. The Hall–Kier alpha value is -2.89. The van der Waals surface area contributed by atoms with E-state index in [4.69, 9.17) is 10.00 Å². The Bertz CT molecular complexity index is 1000. The molecule has 0 atom stereocenters. The van der Waals surface area contributed by atoms with E-state index < -0.39 is 10.0 Å². The van der Waals surface area contributed by atoms with E-state index in [2.05, 4.69) is 5.32 Å². The number of hydrogen-bond acceptors (Lipinski definition) is 5. The molecule has 0 aliphatic carbocycles. The Morgan fingerprint density at radius 1 is 1.18 bits per heavy atom. The van der Waals surface area contributed by atoms with E-state index in [-0.39, 0.29) is 17.4 Å². The standard InChI is InChI=1S/C20H21N3O4S/c1-15-4-9-18(28(25,26)23-11-2-3-12-23)14-19(15)20(24)22-16-5-7-17(8-6-16)27-13-10-21/h4-9,14H,2-3,11-13H2,1H3,(H,22,24). The number of amides is 1. The summed E-state index contributed by atoms with van der Waals surface area (Å²) in [5, 5.41) is 11.3. The van der Waals surface area contributed by atoms with Gasteiger partial charge in [0, 0.05) is 24.3 Å². The van der Waals surface area contributed by atoms with E-state index in [1.807, 2.05) is 6.07 Å². The fourth-order valence-electron chi connectivity index (χ4n) is 3.03. The highest BCUT2D eigenvalue weighted by Gasteiger charge is 2.28. The second-order valence-corrected chi connectivity index (χ2v) is 8.45. The number of hydrogen-bond donors (Lipinski definition) is 1. The Labute approximate surface area is 164 Å². The number of anilines is 1. The van der Waals surface area contributed by atoms with Gasteiger partial charge in [-0.2, -0.15) is 9.57 Å². The van der Waals surface area contributed by atoms with Crippen molar-refractivity contribution in [1.82, 2.24) is 4.31 Å². The second-order valence-electron chi connectivity index (χ2n) is 6.51. The predicted molar refractivity (Wildman–Crippen MR) is 105 cm³/mol. The third kappa shape index (κ3) is 4.32. The van der Waals surface area contributed by atoms with Crippen molar-refractivity contribution >= 4 is 21.6 Å². The van der Waals surface area contributed by atoms with Gasteiger partial charge in [-0.3, -0.25) is 4.79 Å². The molecule has 1 aliphatic rings. The zero-order valence-electron chi connectivity index (χ0n) is 15.5. The SMILES string of the molecule is Cc1ccc(S(=O)(=O)N2CCCC2)cc1C(=O)Nc1ccc(OCC#N)cc1. The Balaban J connectivity index is 1.79. The summed E-state index contributed by atoms with van der Waals surface area (Å²) in [4.78, 5) is 12.8. The molecule has 1 amide bonds. The molecular weight excluding hydrogens is 378 g/mol. The summed E-state index contributed by atoms with van der Waals surface area (Å²) in [6, 6.07) is 13.1. The van der Waals surface area contributed by atoms with Gasteiger partial charge in [-0.1, -0.05) is 6.07 Å². The Kier molecular flexibility index (Phi) is 5.97. The predicted octanol–water partition coefficient (Wildman–Crippen LogP) is 2.93.